The molecule has 0 saturated carbocycles. The smallest absolute Gasteiger partial charge is 0.339 e. The lowest BCUT2D eigenvalue weighted by Crippen LogP contribution is -2.00. The Morgan fingerprint density at radius 3 is 2.63 bits per heavy atom. The van der Waals surface area contributed by atoms with E-state index in [4.69, 9.17) is 0 Å². The number of hydrogen-bond donors (Lipinski definition) is 3. The Balaban J connectivity index is 1.81. The van der Waals surface area contributed by atoms with Crippen molar-refractivity contribution in [2.45, 2.75) is 0 Å². The lowest BCUT2D eigenvalue weighted by molar-refractivity contribution is 0.0694. The number of fused-ring (bicyclic) bond motifs is 1. The molecule has 0 aliphatic carbocycles. The molecule has 27 heavy (non-hydrogen) atoms. The van der Waals surface area contributed by atoms with E-state index >= 15 is 0 Å². The summed E-state index contributed by atoms with van der Waals surface area (Å²) in [6.45, 7) is 0. The molecule has 0 amide bonds. The zero-order valence-corrected chi connectivity index (χ0v) is 16.1. The Morgan fingerprint density at radius 2 is 1.89 bits per heavy atom. The summed E-state index contributed by atoms with van der Waals surface area (Å²) in [7, 11) is 0. The van der Waals surface area contributed by atoms with Gasteiger partial charge in [-0.05, 0) is 35.9 Å². The fourth-order valence-electron chi connectivity index (χ4n) is 2.73. The quantitative estimate of drug-likeness (QED) is 0.373. The van der Waals surface area contributed by atoms with Crippen molar-refractivity contribution in [3.8, 4) is 16.9 Å². The second-order valence-corrected chi connectivity index (χ2v) is 7.49. The summed E-state index contributed by atoms with van der Waals surface area (Å²) in [5.74, 6) is -0.914. The van der Waals surface area contributed by atoms with E-state index in [0.29, 0.717) is 11.5 Å². The van der Waals surface area contributed by atoms with Gasteiger partial charge in [0.05, 0.1) is 5.39 Å². The number of anilines is 2. The Bertz CT molecular complexity index is 1160. The van der Waals surface area contributed by atoms with Crippen LogP contribution in [0.3, 0.4) is 0 Å². The number of aromatic carboxylic acids is 1. The van der Waals surface area contributed by atoms with Crippen molar-refractivity contribution in [2.24, 2.45) is 0 Å². The van der Waals surface area contributed by atoms with Crippen LogP contribution in [0.5, 0.6) is 5.75 Å². The molecule has 0 aliphatic heterocycles. The molecule has 2 aromatic carbocycles. The number of thiophene rings is 1. The van der Waals surface area contributed by atoms with Gasteiger partial charge in [-0.1, -0.05) is 28.1 Å². The van der Waals surface area contributed by atoms with Crippen LogP contribution < -0.4 is 5.32 Å². The van der Waals surface area contributed by atoms with Gasteiger partial charge < -0.3 is 15.5 Å². The molecular formula is C19H12BrN3O3S. The molecule has 0 aliphatic rings. The van der Waals surface area contributed by atoms with E-state index in [9.17, 15) is 15.0 Å². The molecule has 0 radical (unpaired) electrons. The Morgan fingerprint density at radius 1 is 1.11 bits per heavy atom. The number of carboxylic acid groups (broad SMARTS) is 1. The minimum Gasteiger partial charge on any atom is -0.507 e. The Kier molecular flexibility index (Phi) is 4.51. The Labute approximate surface area is 166 Å². The molecule has 0 fully saturated rings. The first kappa shape index (κ1) is 17.4. The molecule has 2 heterocycles. The molecule has 8 heteroatoms. The zero-order valence-electron chi connectivity index (χ0n) is 13.7. The second-order valence-electron chi connectivity index (χ2n) is 5.72. The Hall–Kier alpha value is -2.97. The first-order valence-corrected chi connectivity index (χ1v) is 9.51. The number of aromatic hydroxyl groups is 1. The van der Waals surface area contributed by atoms with Gasteiger partial charge in [0.2, 0.25) is 0 Å². The van der Waals surface area contributed by atoms with Gasteiger partial charge in [-0.2, -0.15) is 0 Å². The van der Waals surface area contributed by atoms with E-state index in [0.717, 1.165) is 25.8 Å². The molecule has 2 aromatic heterocycles. The third-order valence-corrected chi connectivity index (χ3v) is 5.43. The molecule has 4 rings (SSSR count). The van der Waals surface area contributed by atoms with Crippen LogP contribution in [-0.4, -0.2) is 26.2 Å². The average molecular weight is 442 g/mol. The minimum absolute atomic E-state index is 0.177. The third-order valence-electron chi connectivity index (χ3n) is 4.02. The number of halogens is 1. The topological polar surface area (TPSA) is 95.3 Å². The number of benzene rings is 2. The van der Waals surface area contributed by atoms with E-state index in [1.807, 2.05) is 29.6 Å². The van der Waals surface area contributed by atoms with Gasteiger partial charge in [-0.25, -0.2) is 14.8 Å². The van der Waals surface area contributed by atoms with Crippen molar-refractivity contribution in [2.75, 3.05) is 5.32 Å². The molecule has 134 valence electrons. The predicted molar refractivity (Wildman–Crippen MR) is 109 cm³/mol. The van der Waals surface area contributed by atoms with Gasteiger partial charge in [-0.3, -0.25) is 0 Å². The lowest BCUT2D eigenvalue weighted by Gasteiger charge is -2.10. The van der Waals surface area contributed by atoms with Gasteiger partial charge in [0.1, 0.15) is 28.3 Å². The van der Waals surface area contributed by atoms with Crippen LogP contribution in [0.2, 0.25) is 0 Å². The number of aromatic nitrogens is 2. The maximum absolute atomic E-state index is 11.2. The summed E-state index contributed by atoms with van der Waals surface area (Å²) in [5.41, 5.74) is 2.35. The highest BCUT2D eigenvalue weighted by Crippen LogP contribution is 2.38. The maximum Gasteiger partial charge on any atom is 0.339 e. The lowest BCUT2D eigenvalue weighted by atomic mass is 10.1. The highest BCUT2D eigenvalue weighted by Gasteiger charge is 2.15. The number of hydrogen-bond acceptors (Lipinski definition) is 6. The van der Waals surface area contributed by atoms with E-state index in [1.165, 1.54) is 29.8 Å². The highest BCUT2D eigenvalue weighted by molar-refractivity contribution is 9.10. The van der Waals surface area contributed by atoms with Crippen molar-refractivity contribution in [1.29, 1.82) is 0 Å². The van der Waals surface area contributed by atoms with Crippen LogP contribution in [0.1, 0.15) is 10.4 Å². The highest BCUT2D eigenvalue weighted by atomic mass is 79.9. The monoisotopic (exact) mass is 441 g/mol. The van der Waals surface area contributed by atoms with E-state index in [-0.39, 0.29) is 11.3 Å². The van der Waals surface area contributed by atoms with Crippen LogP contribution in [0.15, 0.2) is 58.6 Å². The molecule has 0 saturated heterocycles. The fraction of sp³-hybridized carbons (Fsp3) is 0. The first-order valence-electron chi connectivity index (χ1n) is 7.84. The number of nitrogens with zero attached hydrogens (tertiary/aromatic N) is 2. The van der Waals surface area contributed by atoms with Gasteiger partial charge >= 0.3 is 5.97 Å². The maximum atomic E-state index is 11.2. The first-order chi connectivity index (χ1) is 13.0. The minimum atomic E-state index is -1.20. The number of phenols is 1. The van der Waals surface area contributed by atoms with Crippen LogP contribution in [-0.2, 0) is 0 Å². The number of rotatable bonds is 4. The summed E-state index contributed by atoms with van der Waals surface area (Å²) < 4.78 is 0.991. The van der Waals surface area contributed by atoms with Crippen LogP contribution in [0.25, 0.3) is 21.3 Å². The normalized spacial score (nSPS) is 10.9. The fourth-order valence-corrected chi connectivity index (χ4v) is 3.91. The second kappa shape index (κ2) is 6.98. The summed E-state index contributed by atoms with van der Waals surface area (Å²) in [6, 6.07) is 12.3. The molecule has 0 atom stereocenters. The SMILES string of the molecule is O=C(O)c1cc(Nc2ncnc3scc(-c4ccc(Br)cc4)c23)ccc1O. The number of carboxylic acids is 1. The summed E-state index contributed by atoms with van der Waals surface area (Å²) in [6.07, 6.45) is 1.46. The molecular weight excluding hydrogens is 430 g/mol. The van der Waals surface area contributed by atoms with Crippen molar-refractivity contribution >= 4 is 55.0 Å². The van der Waals surface area contributed by atoms with Crippen LogP contribution in [0, 0.1) is 0 Å². The van der Waals surface area contributed by atoms with Crippen molar-refractivity contribution in [3.63, 3.8) is 0 Å². The standard InChI is InChI=1S/C19H12BrN3O3S/c20-11-3-1-10(2-4-11)14-8-27-18-16(14)17(21-9-22-18)23-12-5-6-15(24)13(7-12)19(25)26/h1-9,24H,(H,25,26)(H,21,22,23). The van der Waals surface area contributed by atoms with Crippen molar-refractivity contribution in [3.05, 3.63) is 64.2 Å². The molecule has 0 spiro atoms. The van der Waals surface area contributed by atoms with Gasteiger partial charge in [0.25, 0.3) is 0 Å². The zero-order chi connectivity index (χ0) is 19.0. The summed E-state index contributed by atoms with van der Waals surface area (Å²) in [4.78, 5) is 20.7. The summed E-state index contributed by atoms with van der Waals surface area (Å²) >= 11 is 4.95. The molecule has 6 nitrogen and oxygen atoms in total. The van der Waals surface area contributed by atoms with Crippen LogP contribution >= 0.6 is 27.3 Å². The third kappa shape index (κ3) is 3.36. The van der Waals surface area contributed by atoms with Gasteiger partial charge in [0.15, 0.2) is 0 Å². The molecule has 0 unspecified atom stereocenters. The largest absolute Gasteiger partial charge is 0.507 e. The van der Waals surface area contributed by atoms with Crippen LogP contribution in [0.4, 0.5) is 11.5 Å². The van der Waals surface area contributed by atoms with E-state index in [2.05, 4.69) is 31.2 Å². The van der Waals surface area contributed by atoms with E-state index < -0.39 is 5.97 Å². The number of carbonyl (C=O) groups is 1. The van der Waals surface area contributed by atoms with Gasteiger partial charge in [-0.15, -0.1) is 11.3 Å². The average Bonchev–Trinajstić information content (AvgIpc) is 3.09. The molecule has 4 aromatic rings. The van der Waals surface area contributed by atoms with Crippen molar-refractivity contribution in [1.82, 2.24) is 9.97 Å². The predicted octanol–water partition coefficient (Wildman–Crippen LogP) is 5.27. The molecule has 0 bridgehead atoms. The van der Waals surface area contributed by atoms with Gasteiger partial charge in [0, 0.05) is 21.1 Å². The van der Waals surface area contributed by atoms with Crippen molar-refractivity contribution < 1.29 is 15.0 Å². The molecule has 3 N–H and O–H groups in total. The summed E-state index contributed by atoms with van der Waals surface area (Å²) in [5, 5.41) is 24.9. The number of nitrogens with one attached hydrogen (secondary N) is 1. The van der Waals surface area contributed by atoms with E-state index in [1.54, 1.807) is 6.07 Å².